The predicted octanol–water partition coefficient (Wildman–Crippen LogP) is 1.70. The number of imidazole rings is 1. The van der Waals surface area contributed by atoms with Crippen molar-refractivity contribution in [2.24, 2.45) is 0 Å². The molecule has 0 saturated carbocycles. The fourth-order valence-corrected chi connectivity index (χ4v) is 1.86. The Labute approximate surface area is 80.6 Å². The zero-order chi connectivity index (χ0) is 9.97. The molecule has 3 heteroatoms. The van der Waals surface area contributed by atoms with Crippen LogP contribution in [0.3, 0.4) is 0 Å². The molecule has 1 aromatic rings. The average molecular weight is 180 g/mol. The zero-order valence-corrected chi connectivity index (χ0v) is 8.16. The Kier molecular flexibility index (Phi) is 2.28. The van der Waals surface area contributed by atoms with Gasteiger partial charge in [0.2, 0.25) is 0 Å². The van der Waals surface area contributed by atoms with E-state index in [4.69, 9.17) is 1.41 Å². The van der Waals surface area contributed by atoms with Crippen LogP contribution in [0, 0.1) is 6.92 Å². The molecule has 0 aliphatic carbocycles. The summed E-state index contributed by atoms with van der Waals surface area (Å²) in [7, 11) is 0. The third-order valence-electron chi connectivity index (χ3n) is 2.54. The van der Waals surface area contributed by atoms with E-state index in [9.17, 15) is 0 Å². The Balaban J connectivity index is 1.95. The molecule has 13 heavy (non-hydrogen) atoms. The van der Waals surface area contributed by atoms with E-state index in [0.29, 0.717) is 0 Å². The Bertz CT molecular complexity index is 283. The molecule has 0 aromatic carbocycles. The van der Waals surface area contributed by atoms with Crippen molar-refractivity contribution >= 4 is 0 Å². The minimum Gasteiger partial charge on any atom is -0.348 e. The number of likely N-dealkylation sites (tertiary alicyclic amines) is 1. The van der Waals surface area contributed by atoms with E-state index in [1.807, 2.05) is 13.1 Å². The average Bonchev–Trinajstić information content (AvgIpc) is 2.47. The van der Waals surface area contributed by atoms with E-state index in [0.717, 1.165) is 18.1 Å². The third kappa shape index (κ3) is 2.31. The van der Waals surface area contributed by atoms with Crippen LogP contribution in [-0.4, -0.2) is 28.0 Å². The lowest BCUT2D eigenvalue weighted by Crippen LogP contribution is -2.29. The number of aryl methyl sites for hydroxylation is 1. The molecule has 0 radical (unpaired) electrons. The van der Waals surface area contributed by atoms with Crippen LogP contribution in [0.4, 0.5) is 0 Å². The lowest BCUT2D eigenvalue weighted by atomic mass is 10.1. The second-order valence-corrected chi connectivity index (χ2v) is 3.75. The number of aromatic amines is 1. The summed E-state index contributed by atoms with van der Waals surface area (Å²) in [6.07, 6.45) is 5.79. The van der Waals surface area contributed by atoms with Gasteiger partial charge in [0.1, 0.15) is 5.82 Å². The second-order valence-electron chi connectivity index (χ2n) is 3.75. The first kappa shape index (κ1) is 7.56. The van der Waals surface area contributed by atoms with Crippen molar-refractivity contribution in [2.75, 3.05) is 13.1 Å². The first-order valence-electron chi connectivity index (χ1n) is 5.47. The van der Waals surface area contributed by atoms with Crippen molar-refractivity contribution in [1.82, 2.24) is 14.9 Å². The molecule has 0 amide bonds. The standard InChI is InChI=1S/C10H17N3/c1-9-11-7-10(12-9)8-13-5-3-2-4-6-13/h7H,2-6,8H2,1H3,(H,11,12)/i/hD. The number of nitrogens with zero attached hydrogens (tertiary/aromatic N) is 2. The van der Waals surface area contributed by atoms with Crippen LogP contribution in [-0.2, 0) is 6.54 Å². The van der Waals surface area contributed by atoms with Crippen LogP contribution in [0.25, 0.3) is 0 Å². The van der Waals surface area contributed by atoms with E-state index in [1.54, 1.807) is 0 Å². The summed E-state index contributed by atoms with van der Waals surface area (Å²) in [6.45, 7) is 5.15. The normalized spacial score (nSPS) is 20.2. The van der Waals surface area contributed by atoms with E-state index < -0.39 is 0 Å². The van der Waals surface area contributed by atoms with Crippen LogP contribution in [0.2, 0.25) is 1.41 Å². The first-order valence-corrected chi connectivity index (χ1v) is 5.02. The van der Waals surface area contributed by atoms with Crippen LogP contribution < -0.4 is 0 Å². The SMILES string of the molecule is [2H]n1cc(CN2CCCCC2)nc1C. The molecule has 1 saturated heterocycles. The fraction of sp³-hybridized carbons (Fsp3) is 0.700. The molecule has 3 nitrogen and oxygen atoms in total. The van der Waals surface area contributed by atoms with Crippen LogP contribution in [0.1, 0.15) is 30.8 Å². The van der Waals surface area contributed by atoms with Gasteiger partial charge in [-0.05, 0) is 32.9 Å². The monoisotopic (exact) mass is 180 g/mol. The van der Waals surface area contributed by atoms with Crippen molar-refractivity contribution < 1.29 is 1.41 Å². The van der Waals surface area contributed by atoms with Crippen LogP contribution in [0.5, 0.6) is 0 Å². The smallest absolute Gasteiger partial charge is 0.167 e. The maximum atomic E-state index is 7.49. The fourth-order valence-electron chi connectivity index (χ4n) is 1.86. The molecule has 2 heterocycles. The zero-order valence-electron chi connectivity index (χ0n) is 9.16. The molecule has 0 atom stereocenters. The molecule has 72 valence electrons. The highest BCUT2D eigenvalue weighted by Gasteiger charge is 2.11. The summed E-state index contributed by atoms with van der Waals surface area (Å²) in [5, 5.41) is 0. The maximum Gasteiger partial charge on any atom is 0.167 e. The second kappa shape index (κ2) is 3.92. The van der Waals surface area contributed by atoms with Gasteiger partial charge in [-0.3, -0.25) is 4.90 Å². The van der Waals surface area contributed by atoms with Gasteiger partial charge < -0.3 is 4.98 Å². The first-order chi connectivity index (χ1) is 6.75. The molecule has 0 spiro atoms. The van der Waals surface area contributed by atoms with Gasteiger partial charge in [-0.25, -0.2) is 4.98 Å². The number of piperidine rings is 1. The molecule has 2 rings (SSSR count). The van der Waals surface area contributed by atoms with E-state index >= 15 is 0 Å². The van der Waals surface area contributed by atoms with Gasteiger partial charge in [0.15, 0.2) is 1.41 Å². The van der Waals surface area contributed by atoms with Gasteiger partial charge in [-0.15, -0.1) is 0 Å². The Morgan fingerprint density at radius 2 is 2.31 bits per heavy atom. The summed E-state index contributed by atoms with van der Waals surface area (Å²) in [4.78, 5) is 8.11. The third-order valence-corrected chi connectivity index (χ3v) is 2.54. The number of hydrogen-bond acceptors (Lipinski definition) is 2. The lowest BCUT2D eigenvalue weighted by Gasteiger charge is -2.25. The maximum absolute atomic E-state index is 7.49. The Morgan fingerprint density at radius 1 is 1.54 bits per heavy atom. The van der Waals surface area contributed by atoms with Crippen molar-refractivity contribution in [3.63, 3.8) is 0 Å². The van der Waals surface area contributed by atoms with Crippen molar-refractivity contribution in [3.05, 3.63) is 17.7 Å². The summed E-state index contributed by atoms with van der Waals surface area (Å²) in [6, 6.07) is 0. The van der Waals surface area contributed by atoms with E-state index in [2.05, 4.69) is 9.88 Å². The number of H-pyrrole nitrogens is 1. The minimum atomic E-state index is 0.775. The summed E-state index contributed by atoms with van der Waals surface area (Å²) < 4.78 is 7.49. The molecule has 1 aliphatic heterocycles. The quantitative estimate of drug-likeness (QED) is 0.751. The Morgan fingerprint density at radius 3 is 2.92 bits per heavy atom. The Hall–Kier alpha value is -0.830. The minimum absolute atomic E-state index is 0.775. The van der Waals surface area contributed by atoms with Crippen LogP contribution in [0.15, 0.2) is 6.20 Å². The van der Waals surface area contributed by atoms with Crippen molar-refractivity contribution in [2.45, 2.75) is 32.7 Å². The van der Waals surface area contributed by atoms with Gasteiger partial charge >= 0.3 is 0 Å². The molecule has 1 fully saturated rings. The van der Waals surface area contributed by atoms with Gasteiger partial charge in [0, 0.05) is 12.7 Å². The summed E-state index contributed by atoms with van der Waals surface area (Å²) >= 11 is 0. The van der Waals surface area contributed by atoms with Crippen LogP contribution >= 0.6 is 0 Å². The molecule has 1 aliphatic rings. The highest BCUT2D eigenvalue weighted by atomic mass is 15.1. The predicted molar refractivity (Wildman–Crippen MR) is 52.5 cm³/mol. The van der Waals surface area contributed by atoms with Crippen molar-refractivity contribution in [1.29, 1.82) is 0 Å². The molecule has 1 aromatic heterocycles. The number of aromatic nitrogens is 2. The van der Waals surface area contributed by atoms with Gasteiger partial charge in [0.25, 0.3) is 0 Å². The lowest BCUT2D eigenvalue weighted by molar-refractivity contribution is 0.219. The van der Waals surface area contributed by atoms with Gasteiger partial charge in [-0.2, -0.15) is 0 Å². The van der Waals surface area contributed by atoms with Crippen molar-refractivity contribution in [3.8, 4) is 0 Å². The number of nitrogens with one attached hydrogen (secondary N) is 1. The van der Waals surface area contributed by atoms with E-state index in [-0.39, 0.29) is 0 Å². The summed E-state index contributed by atoms with van der Waals surface area (Å²) in [5.41, 5.74) is 1.03. The molecular formula is C10H17N3. The highest BCUT2D eigenvalue weighted by molar-refractivity contribution is 4.99. The number of rotatable bonds is 2. The molecule has 0 unspecified atom stereocenters. The van der Waals surface area contributed by atoms with Gasteiger partial charge in [0.05, 0.1) is 5.69 Å². The molecular weight excluding hydrogens is 162 g/mol. The number of hydrogen-bond donors (Lipinski definition) is 1. The highest BCUT2D eigenvalue weighted by Crippen LogP contribution is 2.11. The van der Waals surface area contributed by atoms with E-state index in [1.165, 1.54) is 37.3 Å². The molecule has 0 bridgehead atoms. The topological polar surface area (TPSA) is 31.9 Å². The van der Waals surface area contributed by atoms with Gasteiger partial charge in [-0.1, -0.05) is 6.42 Å². The molecule has 1 N–H and O–H groups in total. The largest absolute Gasteiger partial charge is 0.348 e. The summed E-state index contributed by atoms with van der Waals surface area (Å²) in [5.74, 6) is 0.775.